The van der Waals surface area contributed by atoms with Gasteiger partial charge in [-0.3, -0.25) is 9.59 Å². The van der Waals surface area contributed by atoms with Crippen LogP contribution in [0.25, 0.3) is 0 Å². The predicted octanol–water partition coefficient (Wildman–Crippen LogP) is 4.71. The van der Waals surface area contributed by atoms with Crippen molar-refractivity contribution in [1.29, 1.82) is 0 Å². The van der Waals surface area contributed by atoms with Gasteiger partial charge in [0.2, 0.25) is 11.8 Å². The molecule has 0 spiro atoms. The van der Waals surface area contributed by atoms with Gasteiger partial charge >= 0.3 is 12.4 Å². The van der Waals surface area contributed by atoms with Gasteiger partial charge in [-0.15, -0.1) is 0 Å². The highest BCUT2D eigenvalue weighted by atomic mass is 19.4. The summed E-state index contributed by atoms with van der Waals surface area (Å²) in [5.74, 6) is -1.05. The lowest BCUT2D eigenvalue weighted by atomic mass is 10.0. The lowest BCUT2D eigenvalue weighted by molar-refractivity contribution is -0.138. The Hall–Kier alpha value is -3.37. The zero-order valence-electron chi connectivity index (χ0n) is 16.7. The number of anilines is 1. The first-order valence-corrected chi connectivity index (χ1v) is 9.35. The number of benzene rings is 2. The lowest BCUT2D eigenvalue weighted by Gasteiger charge is -2.26. The van der Waals surface area contributed by atoms with Crippen molar-refractivity contribution in [3.8, 4) is 0 Å². The minimum Gasteiger partial charge on any atom is -0.314 e. The van der Waals surface area contributed by atoms with Crippen LogP contribution in [0.1, 0.15) is 29.5 Å². The summed E-state index contributed by atoms with van der Waals surface area (Å²) in [6.07, 6.45) is -8.78. The Bertz CT molecular complexity index is 1030. The molecular formula is C21H17F6N3O2. The SMILES string of the molecule is CN(C(=O)CN1N=C(c2ccc(C(F)(F)F)cc2)CCC1=O)c1ccc(C(F)(F)F)cc1. The van der Waals surface area contributed by atoms with Gasteiger partial charge < -0.3 is 4.90 Å². The van der Waals surface area contributed by atoms with Gasteiger partial charge in [0.05, 0.1) is 16.8 Å². The quantitative estimate of drug-likeness (QED) is 0.625. The van der Waals surface area contributed by atoms with Crippen molar-refractivity contribution < 1.29 is 35.9 Å². The molecule has 1 heterocycles. The molecule has 0 atom stereocenters. The van der Waals surface area contributed by atoms with Gasteiger partial charge in [-0.1, -0.05) is 12.1 Å². The first-order chi connectivity index (χ1) is 14.9. The molecule has 1 aliphatic heterocycles. The molecule has 170 valence electrons. The largest absolute Gasteiger partial charge is 0.416 e. The molecule has 0 radical (unpaired) electrons. The van der Waals surface area contributed by atoms with Gasteiger partial charge in [0.1, 0.15) is 6.54 Å². The van der Waals surface area contributed by atoms with E-state index in [-0.39, 0.29) is 18.5 Å². The third-order valence-corrected chi connectivity index (χ3v) is 4.89. The van der Waals surface area contributed by atoms with E-state index < -0.39 is 41.8 Å². The Morgan fingerprint density at radius 3 is 1.91 bits per heavy atom. The molecule has 0 fully saturated rings. The first kappa shape index (κ1) is 23.3. The zero-order valence-corrected chi connectivity index (χ0v) is 16.7. The maximum absolute atomic E-state index is 12.7. The summed E-state index contributed by atoms with van der Waals surface area (Å²) >= 11 is 0. The molecule has 3 rings (SSSR count). The minimum absolute atomic E-state index is 0.0110. The van der Waals surface area contributed by atoms with E-state index in [1.165, 1.54) is 19.2 Å². The van der Waals surface area contributed by atoms with Crippen molar-refractivity contribution in [3.05, 3.63) is 65.2 Å². The maximum atomic E-state index is 12.7. The van der Waals surface area contributed by atoms with Crippen LogP contribution in [0.4, 0.5) is 32.0 Å². The zero-order chi connectivity index (χ0) is 23.7. The molecule has 0 aromatic heterocycles. The Balaban J connectivity index is 1.73. The fourth-order valence-corrected chi connectivity index (χ4v) is 3.04. The number of hydrogen-bond donors (Lipinski definition) is 0. The molecule has 0 saturated heterocycles. The van der Waals surface area contributed by atoms with Crippen LogP contribution in [0, 0.1) is 0 Å². The van der Waals surface area contributed by atoms with Crippen molar-refractivity contribution in [3.63, 3.8) is 0 Å². The fraction of sp³-hybridized carbons (Fsp3) is 0.286. The number of alkyl halides is 6. The third kappa shape index (κ3) is 5.27. The summed E-state index contributed by atoms with van der Waals surface area (Å²) in [6, 6.07) is 8.24. The molecule has 0 bridgehead atoms. The second-order valence-electron chi connectivity index (χ2n) is 7.07. The number of rotatable bonds is 4. The number of hydrazone groups is 1. The Morgan fingerprint density at radius 2 is 1.41 bits per heavy atom. The molecule has 0 N–H and O–H groups in total. The predicted molar refractivity (Wildman–Crippen MR) is 104 cm³/mol. The van der Waals surface area contributed by atoms with Gasteiger partial charge in [0.25, 0.3) is 0 Å². The van der Waals surface area contributed by atoms with Crippen LogP contribution in [0.3, 0.4) is 0 Å². The van der Waals surface area contributed by atoms with Crippen LogP contribution in [0.5, 0.6) is 0 Å². The van der Waals surface area contributed by atoms with E-state index >= 15 is 0 Å². The summed E-state index contributed by atoms with van der Waals surface area (Å²) in [5.41, 5.74) is -0.750. The number of nitrogens with zero attached hydrogens (tertiary/aromatic N) is 3. The summed E-state index contributed by atoms with van der Waals surface area (Å²) < 4.78 is 76.3. The highest BCUT2D eigenvalue weighted by Crippen LogP contribution is 2.31. The van der Waals surface area contributed by atoms with Crippen molar-refractivity contribution in [1.82, 2.24) is 5.01 Å². The van der Waals surface area contributed by atoms with Gasteiger partial charge in [-0.05, 0) is 42.0 Å². The maximum Gasteiger partial charge on any atom is 0.416 e. The second-order valence-corrected chi connectivity index (χ2v) is 7.07. The molecule has 11 heteroatoms. The molecule has 1 aliphatic rings. The third-order valence-electron chi connectivity index (χ3n) is 4.89. The smallest absolute Gasteiger partial charge is 0.314 e. The molecule has 0 saturated carbocycles. The molecule has 0 aliphatic carbocycles. The number of halogens is 6. The Kier molecular flexibility index (Phi) is 6.29. The highest BCUT2D eigenvalue weighted by molar-refractivity contribution is 6.05. The normalized spacial score (nSPS) is 14.9. The van der Waals surface area contributed by atoms with Crippen LogP contribution in [0.15, 0.2) is 53.6 Å². The summed E-state index contributed by atoms with van der Waals surface area (Å²) in [6.45, 7) is -0.472. The first-order valence-electron chi connectivity index (χ1n) is 9.35. The summed E-state index contributed by atoms with van der Waals surface area (Å²) in [5, 5.41) is 5.03. The standard InChI is InChI=1S/C21H17F6N3O2/c1-29(16-8-6-15(7-9-16)21(25,26)27)19(32)12-30-18(31)11-10-17(28-30)13-2-4-14(5-3-13)20(22,23)24/h2-9H,10-12H2,1H3. The van der Waals surface area contributed by atoms with Gasteiger partial charge in [-0.25, -0.2) is 5.01 Å². The summed E-state index contributed by atoms with van der Waals surface area (Å²) in [7, 11) is 1.35. The van der Waals surface area contributed by atoms with Gasteiger partial charge in [0.15, 0.2) is 0 Å². The van der Waals surface area contributed by atoms with Crippen LogP contribution in [-0.2, 0) is 21.9 Å². The van der Waals surface area contributed by atoms with E-state index in [0.717, 1.165) is 46.3 Å². The van der Waals surface area contributed by atoms with Crippen molar-refractivity contribution >= 4 is 23.2 Å². The molecule has 2 amide bonds. The molecular weight excluding hydrogens is 440 g/mol. The van der Waals surface area contributed by atoms with Crippen molar-refractivity contribution in [2.75, 3.05) is 18.5 Å². The van der Waals surface area contributed by atoms with Crippen LogP contribution >= 0.6 is 0 Å². The van der Waals surface area contributed by atoms with Gasteiger partial charge in [0, 0.05) is 25.6 Å². The van der Waals surface area contributed by atoms with E-state index in [1.807, 2.05) is 0 Å². The molecule has 32 heavy (non-hydrogen) atoms. The average Bonchev–Trinajstić information content (AvgIpc) is 2.73. The van der Waals surface area contributed by atoms with E-state index in [9.17, 15) is 35.9 Å². The van der Waals surface area contributed by atoms with E-state index in [0.29, 0.717) is 11.3 Å². The highest BCUT2D eigenvalue weighted by Gasteiger charge is 2.32. The van der Waals surface area contributed by atoms with Crippen LogP contribution in [-0.4, -0.2) is 36.1 Å². The molecule has 2 aromatic rings. The van der Waals surface area contributed by atoms with E-state index in [4.69, 9.17) is 0 Å². The van der Waals surface area contributed by atoms with Crippen LogP contribution < -0.4 is 4.90 Å². The van der Waals surface area contributed by atoms with Crippen molar-refractivity contribution in [2.24, 2.45) is 5.10 Å². The average molecular weight is 457 g/mol. The number of carbonyl (C=O) groups excluding carboxylic acids is 2. The topological polar surface area (TPSA) is 53.0 Å². The van der Waals surface area contributed by atoms with E-state index in [2.05, 4.69) is 5.10 Å². The number of amides is 2. The number of carbonyl (C=O) groups is 2. The summed E-state index contributed by atoms with van der Waals surface area (Å²) in [4.78, 5) is 25.8. The Labute approximate surface area is 178 Å². The molecule has 2 aromatic carbocycles. The second kappa shape index (κ2) is 8.64. The van der Waals surface area contributed by atoms with Crippen molar-refractivity contribution in [2.45, 2.75) is 25.2 Å². The molecule has 0 unspecified atom stereocenters. The minimum atomic E-state index is -4.51. The van der Waals surface area contributed by atoms with Gasteiger partial charge in [-0.2, -0.15) is 31.4 Å². The monoisotopic (exact) mass is 457 g/mol. The number of hydrogen-bond acceptors (Lipinski definition) is 3. The Morgan fingerprint density at radius 1 is 0.906 bits per heavy atom. The number of likely N-dealkylation sites (N-methyl/N-ethyl adjacent to an activating group) is 1. The van der Waals surface area contributed by atoms with E-state index in [1.54, 1.807) is 0 Å². The lowest BCUT2D eigenvalue weighted by Crippen LogP contribution is -2.41. The molecule has 5 nitrogen and oxygen atoms in total. The van der Waals surface area contributed by atoms with Crippen LogP contribution in [0.2, 0.25) is 0 Å². The fourth-order valence-electron chi connectivity index (χ4n) is 3.04.